The van der Waals surface area contributed by atoms with E-state index in [2.05, 4.69) is 4.98 Å². The molecule has 3 aromatic rings. The summed E-state index contributed by atoms with van der Waals surface area (Å²) in [7, 11) is 1.74. The van der Waals surface area contributed by atoms with Gasteiger partial charge in [-0.3, -0.25) is 4.79 Å². The van der Waals surface area contributed by atoms with Crippen molar-refractivity contribution in [2.24, 2.45) is 0 Å². The zero-order valence-electron chi connectivity index (χ0n) is 12.7. The summed E-state index contributed by atoms with van der Waals surface area (Å²) in [6, 6.07) is 17.3. The highest BCUT2D eigenvalue weighted by molar-refractivity contribution is 6.07. The fraction of sp³-hybridized carbons (Fsp3) is 0.176. The van der Waals surface area contributed by atoms with Crippen molar-refractivity contribution >= 4 is 18.9 Å². The van der Waals surface area contributed by atoms with Gasteiger partial charge < -0.3 is 9.21 Å². The van der Waals surface area contributed by atoms with E-state index >= 15 is 0 Å². The summed E-state index contributed by atoms with van der Waals surface area (Å²) >= 11 is 0. The van der Waals surface area contributed by atoms with Gasteiger partial charge in [0.1, 0.15) is 11.9 Å². The highest BCUT2D eigenvalue weighted by atomic mass is 16.5. The van der Waals surface area contributed by atoms with E-state index in [0.29, 0.717) is 23.3 Å². The molecule has 0 unspecified atom stereocenters. The van der Waals surface area contributed by atoms with Gasteiger partial charge >= 0.3 is 0 Å². The number of rotatable bonds is 4. The Morgan fingerprint density at radius 2 is 1.82 bits per heavy atom. The van der Waals surface area contributed by atoms with Gasteiger partial charge in [-0.2, -0.15) is 0 Å². The maximum absolute atomic E-state index is 12.4. The molecule has 0 fully saturated rings. The molecule has 0 aliphatic rings. The minimum atomic E-state index is -0.262. The molecular weight excluding hydrogens is 275 g/mol. The highest BCUT2D eigenvalue weighted by Crippen LogP contribution is 2.17. The van der Waals surface area contributed by atoms with Crippen LogP contribution in [0.2, 0.25) is 0 Å². The number of hydrogen-bond acceptors (Lipinski definition) is 3. The number of para-hydroxylation sites is 1. The molecule has 0 N–H and O–H groups in total. The summed E-state index contributed by atoms with van der Waals surface area (Å²) in [5, 5.41) is 0.629. The second-order valence-electron chi connectivity index (χ2n) is 5.29. The van der Waals surface area contributed by atoms with Crippen molar-refractivity contribution in [1.29, 1.82) is 0 Å². The lowest BCUT2D eigenvalue weighted by Crippen LogP contribution is -2.25. The first-order valence-electron chi connectivity index (χ1n) is 7.28. The molecule has 0 aliphatic heterocycles. The second-order valence-corrected chi connectivity index (χ2v) is 5.29. The summed E-state index contributed by atoms with van der Waals surface area (Å²) in [4.78, 5) is 17.0. The van der Waals surface area contributed by atoms with Gasteiger partial charge in [0, 0.05) is 0 Å². The predicted octanol–water partition coefficient (Wildman–Crippen LogP) is 2.07. The van der Waals surface area contributed by atoms with Crippen LogP contribution in [0.1, 0.15) is 24.4 Å². The first kappa shape index (κ1) is 14.5. The maximum Gasteiger partial charge on any atom is 0.248 e. The predicted molar refractivity (Wildman–Crippen MR) is 89.6 cm³/mol. The third-order valence-corrected chi connectivity index (χ3v) is 3.72. The molecule has 0 saturated heterocycles. The SMILES string of the molecule is Bn1c([C@@H](C)OCc2ccccc2)nc2ccccc2c1=O. The summed E-state index contributed by atoms with van der Waals surface area (Å²) in [5.41, 5.74) is 1.76. The maximum atomic E-state index is 12.4. The van der Waals surface area contributed by atoms with Crippen LogP contribution in [0.3, 0.4) is 0 Å². The Morgan fingerprint density at radius 1 is 1.14 bits per heavy atom. The largest absolute Gasteiger partial charge is 0.366 e. The smallest absolute Gasteiger partial charge is 0.248 e. The van der Waals surface area contributed by atoms with Gasteiger partial charge in [0.05, 0.1) is 17.5 Å². The van der Waals surface area contributed by atoms with E-state index in [-0.39, 0.29) is 11.7 Å². The van der Waals surface area contributed by atoms with Crippen LogP contribution >= 0.6 is 0 Å². The Labute approximate surface area is 129 Å². The van der Waals surface area contributed by atoms with E-state index in [0.717, 1.165) is 5.56 Å². The molecule has 1 aromatic heterocycles. The molecular formula is C17H17BN2O2. The molecule has 0 spiro atoms. The van der Waals surface area contributed by atoms with Gasteiger partial charge in [-0.25, -0.2) is 4.98 Å². The van der Waals surface area contributed by atoms with Gasteiger partial charge in [-0.1, -0.05) is 42.5 Å². The van der Waals surface area contributed by atoms with Gasteiger partial charge in [0.25, 0.3) is 0 Å². The van der Waals surface area contributed by atoms with Crippen molar-refractivity contribution < 1.29 is 4.74 Å². The Morgan fingerprint density at radius 3 is 2.59 bits per heavy atom. The first-order chi connectivity index (χ1) is 10.7. The molecule has 0 radical (unpaired) electrons. The normalized spacial score (nSPS) is 12.4. The Hall–Kier alpha value is -2.40. The standard InChI is InChI=1S/C17H17BN2O2/c1-12(22-11-13-7-3-2-4-8-13)16-19-15-10-6-5-9-14(15)17(21)20(16)18/h2-10,12H,11,18H2,1H3/t12-/m1/s1. The van der Waals surface area contributed by atoms with E-state index < -0.39 is 0 Å². The minimum Gasteiger partial charge on any atom is -0.366 e. The van der Waals surface area contributed by atoms with Crippen LogP contribution in [-0.2, 0) is 11.3 Å². The number of fused-ring (bicyclic) bond motifs is 1. The molecule has 110 valence electrons. The molecule has 5 heteroatoms. The number of benzene rings is 2. The molecule has 1 heterocycles. The lowest BCUT2D eigenvalue weighted by atomic mass is 10.2. The van der Waals surface area contributed by atoms with Gasteiger partial charge in [-0.15, -0.1) is 0 Å². The van der Waals surface area contributed by atoms with Gasteiger partial charge in [0.15, 0.2) is 0 Å². The third kappa shape index (κ3) is 2.80. The molecule has 0 saturated carbocycles. The minimum absolute atomic E-state index is 0.0456. The molecule has 0 amide bonds. The number of hydrogen-bond donors (Lipinski definition) is 0. The lowest BCUT2D eigenvalue weighted by molar-refractivity contribution is 0.0459. The first-order valence-corrected chi connectivity index (χ1v) is 7.28. The van der Waals surface area contributed by atoms with Gasteiger partial charge in [-0.05, 0) is 24.6 Å². The molecule has 22 heavy (non-hydrogen) atoms. The van der Waals surface area contributed by atoms with Crippen LogP contribution in [0.15, 0.2) is 59.4 Å². The summed E-state index contributed by atoms with van der Waals surface area (Å²) in [5.74, 6) is 0.639. The summed E-state index contributed by atoms with van der Waals surface area (Å²) in [6.45, 7) is 2.41. The fourth-order valence-electron chi connectivity index (χ4n) is 2.47. The summed E-state index contributed by atoms with van der Waals surface area (Å²) in [6.07, 6.45) is -0.262. The van der Waals surface area contributed by atoms with Crippen LogP contribution in [-0.4, -0.2) is 17.4 Å². The molecule has 0 bridgehead atoms. The van der Waals surface area contributed by atoms with Crippen LogP contribution in [0.4, 0.5) is 0 Å². The van der Waals surface area contributed by atoms with Crippen molar-refractivity contribution in [2.45, 2.75) is 19.6 Å². The average molecular weight is 292 g/mol. The van der Waals surface area contributed by atoms with E-state index in [9.17, 15) is 4.79 Å². The quantitative estimate of drug-likeness (QED) is 0.691. The topological polar surface area (TPSA) is 44.1 Å². The zero-order chi connectivity index (χ0) is 15.5. The van der Waals surface area contributed by atoms with Crippen LogP contribution in [0, 0.1) is 0 Å². The Bertz CT molecular complexity index is 846. The van der Waals surface area contributed by atoms with E-state index in [1.807, 2.05) is 55.5 Å². The average Bonchev–Trinajstić information content (AvgIpc) is 2.57. The highest BCUT2D eigenvalue weighted by Gasteiger charge is 2.14. The summed E-state index contributed by atoms with van der Waals surface area (Å²) < 4.78 is 7.44. The molecule has 2 aromatic carbocycles. The van der Waals surface area contributed by atoms with Crippen molar-refractivity contribution in [1.82, 2.24) is 9.46 Å². The van der Waals surface area contributed by atoms with Crippen LogP contribution in [0.25, 0.3) is 10.9 Å². The van der Waals surface area contributed by atoms with Crippen molar-refractivity contribution in [3.05, 3.63) is 76.3 Å². The number of aromatic nitrogens is 2. The van der Waals surface area contributed by atoms with E-state index in [4.69, 9.17) is 4.74 Å². The molecule has 1 atom stereocenters. The van der Waals surface area contributed by atoms with Crippen molar-refractivity contribution in [2.75, 3.05) is 0 Å². The van der Waals surface area contributed by atoms with Crippen LogP contribution < -0.4 is 5.56 Å². The number of nitrogens with zero attached hydrogens (tertiary/aromatic N) is 2. The number of ether oxygens (including phenoxy) is 1. The molecule has 4 nitrogen and oxygen atoms in total. The lowest BCUT2D eigenvalue weighted by Gasteiger charge is -2.17. The van der Waals surface area contributed by atoms with Crippen LogP contribution in [0.5, 0.6) is 0 Å². The fourth-order valence-corrected chi connectivity index (χ4v) is 2.47. The van der Waals surface area contributed by atoms with Crippen molar-refractivity contribution in [3.63, 3.8) is 0 Å². The van der Waals surface area contributed by atoms with E-state index in [1.54, 1.807) is 18.5 Å². The molecule has 3 rings (SSSR count). The Balaban J connectivity index is 1.89. The Kier molecular flexibility index (Phi) is 4.07. The zero-order valence-corrected chi connectivity index (χ0v) is 12.7. The molecule has 0 aliphatic carbocycles. The van der Waals surface area contributed by atoms with Crippen molar-refractivity contribution in [3.8, 4) is 0 Å². The van der Waals surface area contributed by atoms with E-state index in [1.165, 1.54) is 0 Å². The van der Waals surface area contributed by atoms with Gasteiger partial charge in [0.2, 0.25) is 13.5 Å². The second kappa shape index (κ2) is 6.16. The third-order valence-electron chi connectivity index (χ3n) is 3.72. The monoisotopic (exact) mass is 292 g/mol.